The fraction of sp³-hybridized carbons (Fsp3) is 0.471. The van der Waals surface area contributed by atoms with Gasteiger partial charge in [0.2, 0.25) is 5.91 Å². The second-order valence-corrected chi connectivity index (χ2v) is 8.49. The van der Waals surface area contributed by atoms with Gasteiger partial charge in [0, 0.05) is 42.7 Å². The molecule has 1 aliphatic heterocycles. The van der Waals surface area contributed by atoms with Crippen LogP contribution in [0.3, 0.4) is 0 Å². The zero-order valence-electron chi connectivity index (χ0n) is 13.5. The molecule has 0 radical (unpaired) electrons. The second kappa shape index (κ2) is 7.36. The highest BCUT2D eigenvalue weighted by Gasteiger charge is 2.27. The molecule has 1 aliphatic rings. The molecule has 1 amide bonds. The maximum Gasteiger partial charge on any atom is 0.221 e. The molecular weight excluding hydrogens is 326 g/mol. The maximum atomic E-state index is 11.9. The van der Waals surface area contributed by atoms with Crippen molar-refractivity contribution in [3.8, 4) is 0 Å². The summed E-state index contributed by atoms with van der Waals surface area (Å²) in [6.07, 6.45) is 3.78. The van der Waals surface area contributed by atoms with Gasteiger partial charge in [-0.25, -0.2) is 8.42 Å². The largest absolute Gasteiger partial charge is 0.361 e. The van der Waals surface area contributed by atoms with E-state index in [0.717, 1.165) is 11.9 Å². The Hall–Kier alpha value is -1.86. The molecule has 1 atom stereocenters. The third-order valence-electron chi connectivity index (χ3n) is 4.41. The van der Waals surface area contributed by atoms with Crippen molar-refractivity contribution in [1.82, 2.24) is 15.6 Å². The summed E-state index contributed by atoms with van der Waals surface area (Å²) in [5.41, 5.74) is 2.30. The van der Waals surface area contributed by atoms with Gasteiger partial charge in [-0.15, -0.1) is 0 Å². The summed E-state index contributed by atoms with van der Waals surface area (Å²) in [7, 11) is -2.87. The monoisotopic (exact) mass is 349 g/mol. The number of para-hydroxylation sites is 1. The average Bonchev–Trinajstić information content (AvgIpc) is 3.11. The molecular formula is C17H23N3O3S. The normalized spacial score (nSPS) is 19.6. The third kappa shape index (κ3) is 4.36. The Bertz CT molecular complexity index is 813. The average molecular weight is 349 g/mol. The summed E-state index contributed by atoms with van der Waals surface area (Å²) in [5, 5.41) is 7.26. The van der Waals surface area contributed by atoms with Crippen molar-refractivity contribution in [1.29, 1.82) is 0 Å². The summed E-state index contributed by atoms with van der Waals surface area (Å²) >= 11 is 0. The lowest BCUT2D eigenvalue weighted by Crippen LogP contribution is -2.34. The number of amides is 1. The fourth-order valence-corrected chi connectivity index (χ4v) is 4.82. The van der Waals surface area contributed by atoms with Crippen molar-refractivity contribution in [2.45, 2.75) is 25.3 Å². The van der Waals surface area contributed by atoms with Crippen LogP contribution in [-0.4, -0.2) is 49.9 Å². The molecule has 2 aromatic rings. The van der Waals surface area contributed by atoms with Crippen LogP contribution in [0.25, 0.3) is 10.9 Å². The van der Waals surface area contributed by atoms with Crippen LogP contribution < -0.4 is 10.6 Å². The Kier molecular flexibility index (Phi) is 5.20. The van der Waals surface area contributed by atoms with E-state index in [2.05, 4.69) is 21.7 Å². The van der Waals surface area contributed by atoms with Crippen LogP contribution in [0.5, 0.6) is 0 Å². The molecule has 0 aliphatic carbocycles. The summed E-state index contributed by atoms with van der Waals surface area (Å²) in [6.45, 7) is 1.11. The Morgan fingerprint density at radius 2 is 2.08 bits per heavy atom. The third-order valence-corrected chi connectivity index (χ3v) is 6.18. The lowest BCUT2D eigenvalue weighted by Gasteiger charge is -2.10. The molecule has 24 heavy (non-hydrogen) atoms. The molecule has 1 saturated heterocycles. The molecule has 2 heterocycles. The molecule has 3 N–H and O–H groups in total. The first-order chi connectivity index (χ1) is 11.5. The number of H-pyrrole nitrogens is 1. The van der Waals surface area contributed by atoms with Crippen LogP contribution in [0.2, 0.25) is 0 Å². The molecule has 0 spiro atoms. The number of aromatic amines is 1. The predicted molar refractivity (Wildman–Crippen MR) is 94.7 cm³/mol. The van der Waals surface area contributed by atoms with Gasteiger partial charge in [-0.3, -0.25) is 4.79 Å². The molecule has 1 unspecified atom stereocenters. The van der Waals surface area contributed by atoms with Crippen LogP contribution in [0, 0.1) is 0 Å². The Labute approximate surface area is 141 Å². The van der Waals surface area contributed by atoms with E-state index in [-0.39, 0.29) is 23.5 Å². The zero-order valence-corrected chi connectivity index (χ0v) is 14.4. The van der Waals surface area contributed by atoms with Crippen LogP contribution >= 0.6 is 0 Å². The van der Waals surface area contributed by atoms with E-state index in [0.29, 0.717) is 25.9 Å². The summed E-state index contributed by atoms with van der Waals surface area (Å²) < 4.78 is 22.7. The van der Waals surface area contributed by atoms with Crippen molar-refractivity contribution in [2.75, 3.05) is 24.6 Å². The Morgan fingerprint density at radius 3 is 2.88 bits per heavy atom. The lowest BCUT2D eigenvalue weighted by molar-refractivity contribution is -0.120. The van der Waals surface area contributed by atoms with Crippen molar-refractivity contribution >= 4 is 26.6 Å². The Balaban J connectivity index is 1.36. The van der Waals surface area contributed by atoms with Gasteiger partial charge in [-0.2, -0.15) is 0 Å². The van der Waals surface area contributed by atoms with Crippen molar-refractivity contribution < 1.29 is 13.2 Å². The quantitative estimate of drug-likeness (QED) is 0.695. The van der Waals surface area contributed by atoms with Gasteiger partial charge in [0.15, 0.2) is 9.84 Å². The molecule has 0 bridgehead atoms. The van der Waals surface area contributed by atoms with Crippen molar-refractivity contribution in [2.24, 2.45) is 0 Å². The predicted octanol–water partition coefficient (Wildman–Crippen LogP) is 0.993. The van der Waals surface area contributed by atoms with E-state index in [4.69, 9.17) is 0 Å². The van der Waals surface area contributed by atoms with E-state index >= 15 is 0 Å². The highest BCUT2D eigenvalue weighted by Crippen LogP contribution is 2.17. The summed E-state index contributed by atoms with van der Waals surface area (Å²) in [6, 6.07) is 8.10. The SMILES string of the molecule is O=C(CCNC1CCS(=O)(=O)C1)NCCc1c[nH]c2ccccc12. The van der Waals surface area contributed by atoms with Crippen LogP contribution in [-0.2, 0) is 21.1 Å². The van der Waals surface area contributed by atoms with E-state index < -0.39 is 9.84 Å². The van der Waals surface area contributed by atoms with Crippen LogP contribution in [0.4, 0.5) is 0 Å². The summed E-state index contributed by atoms with van der Waals surface area (Å²) in [4.78, 5) is 15.1. The first kappa shape index (κ1) is 17.0. The van der Waals surface area contributed by atoms with Gasteiger partial charge >= 0.3 is 0 Å². The zero-order chi connectivity index (χ0) is 17.0. The number of fused-ring (bicyclic) bond motifs is 1. The molecule has 0 saturated carbocycles. The van der Waals surface area contributed by atoms with E-state index in [9.17, 15) is 13.2 Å². The highest BCUT2D eigenvalue weighted by molar-refractivity contribution is 7.91. The number of hydrogen-bond donors (Lipinski definition) is 3. The van der Waals surface area contributed by atoms with Crippen molar-refractivity contribution in [3.05, 3.63) is 36.0 Å². The highest BCUT2D eigenvalue weighted by atomic mass is 32.2. The molecule has 1 aromatic heterocycles. The van der Waals surface area contributed by atoms with Crippen LogP contribution in [0.1, 0.15) is 18.4 Å². The van der Waals surface area contributed by atoms with E-state index in [1.54, 1.807) is 0 Å². The molecule has 3 rings (SSSR count). The fourth-order valence-electron chi connectivity index (χ4n) is 3.11. The topological polar surface area (TPSA) is 91.1 Å². The number of hydrogen-bond acceptors (Lipinski definition) is 4. The van der Waals surface area contributed by atoms with E-state index in [1.165, 1.54) is 10.9 Å². The molecule has 1 aromatic carbocycles. The smallest absolute Gasteiger partial charge is 0.221 e. The minimum absolute atomic E-state index is 0.00554. The van der Waals surface area contributed by atoms with Crippen LogP contribution in [0.15, 0.2) is 30.5 Å². The number of sulfone groups is 1. The Morgan fingerprint density at radius 1 is 1.25 bits per heavy atom. The maximum absolute atomic E-state index is 11.9. The first-order valence-electron chi connectivity index (χ1n) is 8.29. The molecule has 130 valence electrons. The van der Waals surface area contributed by atoms with Gasteiger partial charge < -0.3 is 15.6 Å². The molecule has 1 fully saturated rings. The lowest BCUT2D eigenvalue weighted by atomic mass is 10.1. The number of carbonyl (C=O) groups excluding carboxylic acids is 1. The number of carbonyl (C=O) groups is 1. The standard InChI is InChI=1S/C17H23N3O3S/c21-17(6-9-18-14-7-10-24(22,23)12-14)19-8-5-13-11-20-16-4-2-1-3-15(13)16/h1-4,11,14,18,20H,5-10,12H2,(H,19,21). The van der Waals surface area contributed by atoms with Gasteiger partial charge in [0.25, 0.3) is 0 Å². The number of benzene rings is 1. The minimum atomic E-state index is -2.87. The molecule has 6 nitrogen and oxygen atoms in total. The number of rotatable bonds is 7. The second-order valence-electron chi connectivity index (χ2n) is 6.26. The minimum Gasteiger partial charge on any atom is -0.361 e. The van der Waals surface area contributed by atoms with Gasteiger partial charge in [-0.05, 0) is 24.5 Å². The van der Waals surface area contributed by atoms with Crippen molar-refractivity contribution in [3.63, 3.8) is 0 Å². The first-order valence-corrected chi connectivity index (χ1v) is 10.1. The van der Waals surface area contributed by atoms with E-state index in [1.807, 2.05) is 24.4 Å². The number of aromatic nitrogens is 1. The van der Waals surface area contributed by atoms with Gasteiger partial charge in [0.05, 0.1) is 11.5 Å². The van der Waals surface area contributed by atoms with Gasteiger partial charge in [0.1, 0.15) is 0 Å². The van der Waals surface area contributed by atoms with Gasteiger partial charge in [-0.1, -0.05) is 18.2 Å². The number of nitrogens with one attached hydrogen (secondary N) is 3. The molecule has 7 heteroatoms. The summed E-state index contributed by atoms with van der Waals surface area (Å²) in [5.74, 6) is 0.430.